The molecule has 4 aromatic rings. The zero-order chi connectivity index (χ0) is 22.7. The van der Waals surface area contributed by atoms with Gasteiger partial charge in [0.2, 0.25) is 5.88 Å². The molecular formula is C25H28N6O2S. The highest BCUT2D eigenvalue weighted by Gasteiger charge is 2.34. The molecular weight excluding hydrogens is 448 g/mol. The lowest BCUT2D eigenvalue weighted by atomic mass is 9.91. The first-order valence-electron chi connectivity index (χ1n) is 11.9. The van der Waals surface area contributed by atoms with Gasteiger partial charge in [-0.05, 0) is 31.0 Å². The topological polar surface area (TPSA) is 79.5 Å². The van der Waals surface area contributed by atoms with E-state index in [1.54, 1.807) is 17.5 Å². The van der Waals surface area contributed by atoms with Gasteiger partial charge >= 0.3 is 0 Å². The molecule has 2 saturated heterocycles. The number of hydrogen-bond acceptors (Lipinski definition) is 9. The first kappa shape index (κ1) is 21.4. The van der Waals surface area contributed by atoms with Gasteiger partial charge in [-0.25, -0.2) is 9.97 Å². The van der Waals surface area contributed by atoms with Crippen LogP contribution in [-0.2, 0) is 6.54 Å². The third-order valence-corrected chi connectivity index (χ3v) is 7.50. The minimum atomic E-state index is 0.523. The van der Waals surface area contributed by atoms with E-state index in [0.717, 1.165) is 53.8 Å². The van der Waals surface area contributed by atoms with Crippen molar-refractivity contribution in [3.63, 3.8) is 0 Å². The predicted octanol–water partition coefficient (Wildman–Crippen LogP) is 4.27. The fourth-order valence-corrected chi connectivity index (χ4v) is 5.53. The largest absolute Gasteiger partial charge is 0.477 e. The van der Waals surface area contributed by atoms with Gasteiger partial charge < -0.3 is 19.5 Å². The summed E-state index contributed by atoms with van der Waals surface area (Å²) < 4.78 is 11.7. The summed E-state index contributed by atoms with van der Waals surface area (Å²) in [6.07, 6.45) is 4.14. The van der Waals surface area contributed by atoms with E-state index in [2.05, 4.69) is 36.3 Å². The third-order valence-electron chi connectivity index (χ3n) is 6.76. The van der Waals surface area contributed by atoms with Crippen molar-refractivity contribution in [3.8, 4) is 5.88 Å². The van der Waals surface area contributed by atoms with Crippen molar-refractivity contribution in [3.05, 3.63) is 59.7 Å². The van der Waals surface area contributed by atoms with Gasteiger partial charge in [0.25, 0.3) is 0 Å². The van der Waals surface area contributed by atoms with Crippen LogP contribution in [0.5, 0.6) is 5.88 Å². The van der Waals surface area contributed by atoms with Gasteiger partial charge in [0.1, 0.15) is 0 Å². The number of thiazole rings is 1. The van der Waals surface area contributed by atoms with Crippen LogP contribution < -0.4 is 15.0 Å². The Morgan fingerprint density at radius 2 is 2.06 bits per heavy atom. The lowest BCUT2D eigenvalue weighted by molar-refractivity contribution is 0.0716. The molecule has 176 valence electrons. The number of piperazine rings is 1. The number of benzene rings is 1. The van der Waals surface area contributed by atoms with Crippen LogP contribution in [0.1, 0.15) is 18.5 Å². The fraction of sp³-hybridized carbons (Fsp3) is 0.400. The zero-order valence-electron chi connectivity index (χ0n) is 19.0. The van der Waals surface area contributed by atoms with E-state index in [0.29, 0.717) is 31.0 Å². The number of hydrogen-bond donors (Lipinski definition) is 1. The van der Waals surface area contributed by atoms with E-state index in [9.17, 15) is 0 Å². The molecule has 8 nitrogen and oxygen atoms in total. The maximum atomic E-state index is 6.12. The standard InChI is InChI=1S/C25H28N6O2S/c1-2-6-22-21(5-1)24(29-33-22)31-12-11-30-15-18(8-9-20(30)16-31)17-32-23-7-3-4-19(28-23)14-27-25-26-10-13-34-25/h1-7,10,13,18,20H,8-9,11-12,14-17H2,(H,26,27). The van der Waals surface area contributed by atoms with Gasteiger partial charge in [0.15, 0.2) is 16.5 Å². The summed E-state index contributed by atoms with van der Waals surface area (Å²) in [5.74, 6) is 2.20. The molecule has 6 rings (SSSR count). The average molecular weight is 477 g/mol. The summed E-state index contributed by atoms with van der Waals surface area (Å²) >= 11 is 1.59. The number of nitrogens with one attached hydrogen (secondary N) is 1. The van der Waals surface area contributed by atoms with Gasteiger partial charge in [0.05, 0.1) is 24.2 Å². The van der Waals surface area contributed by atoms with Crippen LogP contribution in [0.2, 0.25) is 0 Å². The van der Waals surface area contributed by atoms with Gasteiger partial charge in [-0.1, -0.05) is 23.4 Å². The van der Waals surface area contributed by atoms with Gasteiger partial charge in [-0.3, -0.25) is 4.90 Å². The molecule has 0 radical (unpaired) electrons. The molecule has 0 bridgehead atoms. The van der Waals surface area contributed by atoms with Crippen molar-refractivity contribution in [2.45, 2.75) is 25.4 Å². The second-order valence-electron chi connectivity index (χ2n) is 9.01. The molecule has 1 N–H and O–H groups in total. The molecule has 34 heavy (non-hydrogen) atoms. The van der Waals surface area contributed by atoms with Crippen LogP contribution in [0.3, 0.4) is 0 Å². The number of pyridine rings is 1. The third kappa shape index (κ3) is 4.58. The number of ether oxygens (including phenoxy) is 1. The Morgan fingerprint density at radius 1 is 1.09 bits per heavy atom. The Morgan fingerprint density at radius 3 is 3.00 bits per heavy atom. The molecule has 2 fully saturated rings. The van der Waals surface area contributed by atoms with Gasteiger partial charge in [-0.2, -0.15) is 0 Å². The number of fused-ring (bicyclic) bond motifs is 2. The number of rotatable bonds is 7. The van der Waals surface area contributed by atoms with E-state index in [1.807, 2.05) is 41.8 Å². The molecule has 9 heteroatoms. The van der Waals surface area contributed by atoms with Crippen LogP contribution in [0.15, 0.2) is 58.6 Å². The SMILES string of the molecule is c1cc(CNc2nccs2)nc(OCC2CCC3CN(c4noc5ccccc45)CCN3C2)c1. The summed E-state index contributed by atoms with van der Waals surface area (Å²) in [5, 5.41) is 11.6. The summed E-state index contributed by atoms with van der Waals surface area (Å²) in [6, 6.07) is 14.6. The number of aromatic nitrogens is 3. The highest BCUT2D eigenvalue weighted by molar-refractivity contribution is 7.13. The van der Waals surface area contributed by atoms with Crippen molar-refractivity contribution in [2.24, 2.45) is 5.92 Å². The highest BCUT2D eigenvalue weighted by Crippen LogP contribution is 2.31. The molecule has 5 heterocycles. The van der Waals surface area contributed by atoms with Crippen LogP contribution in [-0.4, -0.2) is 58.9 Å². The van der Waals surface area contributed by atoms with Gasteiger partial charge in [-0.15, -0.1) is 11.3 Å². The molecule has 0 saturated carbocycles. The second kappa shape index (κ2) is 9.60. The highest BCUT2D eigenvalue weighted by atomic mass is 32.1. The van der Waals surface area contributed by atoms with Crippen molar-refractivity contribution in [1.82, 2.24) is 20.0 Å². The normalized spacial score (nSPS) is 20.9. The smallest absolute Gasteiger partial charge is 0.213 e. The maximum Gasteiger partial charge on any atom is 0.213 e. The van der Waals surface area contributed by atoms with E-state index in [1.165, 1.54) is 12.8 Å². The van der Waals surface area contributed by atoms with Crippen LogP contribution >= 0.6 is 11.3 Å². The Balaban J connectivity index is 1.01. The maximum absolute atomic E-state index is 6.12. The molecule has 2 unspecified atom stereocenters. The van der Waals surface area contributed by atoms with E-state index in [4.69, 9.17) is 9.26 Å². The molecule has 2 aliphatic rings. The molecule has 2 aliphatic heterocycles. The Bertz CT molecular complexity index is 1230. The first-order chi connectivity index (χ1) is 16.8. The van der Waals surface area contributed by atoms with Crippen LogP contribution in [0, 0.1) is 5.92 Å². The molecule has 0 aliphatic carbocycles. The molecule has 2 atom stereocenters. The molecule has 0 amide bonds. The van der Waals surface area contributed by atoms with Gasteiger partial charge in [0, 0.05) is 55.8 Å². The molecule has 1 aromatic carbocycles. The van der Waals surface area contributed by atoms with Crippen molar-refractivity contribution < 1.29 is 9.26 Å². The summed E-state index contributed by atoms with van der Waals surface area (Å²) in [7, 11) is 0. The monoisotopic (exact) mass is 476 g/mol. The predicted molar refractivity (Wildman–Crippen MR) is 133 cm³/mol. The molecule has 0 spiro atoms. The Labute approximate surface area is 202 Å². The summed E-state index contributed by atoms with van der Waals surface area (Å²) in [4.78, 5) is 13.9. The zero-order valence-corrected chi connectivity index (χ0v) is 19.8. The van der Waals surface area contributed by atoms with Crippen molar-refractivity contribution in [2.75, 3.05) is 43.0 Å². The van der Waals surface area contributed by atoms with E-state index in [-0.39, 0.29) is 0 Å². The second-order valence-corrected chi connectivity index (χ2v) is 9.90. The molecule has 3 aromatic heterocycles. The number of nitrogens with zero attached hydrogens (tertiary/aromatic N) is 5. The minimum Gasteiger partial charge on any atom is -0.477 e. The lowest BCUT2D eigenvalue weighted by Gasteiger charge is -2.46. The van der Waals surface area contributed by atoms with E-state index < -0.39 is 0 Å². The quantitative estimate of drug-likeness (QED) is 0.424. The summed E-state index contributed by atoms with van der Waals surface area (Å²) in [5.41, 5.74) is 1.81. The average Bonchev–Trinajstić information content (AvgIpc) is 3.56. The number of piperidine rings is 1. The van der Waals surface area contributed by atoms with Crippen LogP contribution in [0.25, 0.3) is 11.0 Å². The van der Waals surface area contributed by atoms with E-state index >= 15 is 0 Å². The van der Waals surface area contributed by atoms with Crippen LogP contribution in [0.4, 0.5) is 10.9 Å². The lowest BCUT2D eigenvalue weighted by Crippen LogP contribution is -2.57. The fourth-order valence-electron chi connectivity index (χ4n) is 5.00. The van der Waals surface area contributed by atoms with Crippen molar-refractivity contribution >= 4 is 33.3 Å². The number of para-hydroxylation sites is 1. The Hall–Kier alpha value is -3.17. The number of anilines is 2. The summed E-state index contributed by atoms with van der Waals surface area (Å²) in [6.45, 7) is 5.43. The Kier molecular flexibility index (Phi) is 6.03. The minimum absolute atomic E-state index is 0.523. The first-order valence-corrected chi connectivity index (χ1v) is 12.8. The van der Waals surface area contributed by atoms with Crippen molar-refractivity contribution in [1.29, 1.82) is 0 Å².